The van der Waals surface area contributed by atoms with Crippen molar-refractivity contribution in [3.05, 3.63) is 35.2 Å². The number of benzene rings is 1. The molecule has 0 unspecified atom stereocenters. The number of anilines is 1. The Morgan fingerprint density at radius 1 is 1.11 bits per heavy atom. The Balaban J connectivity index is 1.27. The Labute approximate surface area is 164 Å². The first-order valence-corrected chi connectivity index (χ1v) is 10.2. The van der Waals surface area contributed by atoms with E-state index < -0.39 is 0 Å². The number of likely N-dealkylation sites (tertiary alicyclic amines) is 1. The third-order valence-corrected chi connectivity index (χ3v) is 5.77. The van der Waals surface area contributed by atoms with Crippen molar-refractivity contribution in [3.63, 3.8) is 0 Å². The molecule has 1 saturated heterocycles. The minimum Gasteiger partial charge on any atom is -0.486 e. The fraction of sp³-hybridized carbons (Fsp3) is 0.524. The molecule has 28 heavy (non-hydrogen) atoms. The lowest BCUT2D eigenvalue weighted by Crippen LogP contribution is -2.45. The van der Waals surface area contributed by atoms with Gasteiger partial charge in [-0.25, -0.2) is 0 Å². The van der Waals surface area contributed by atoms with Crippen molar-refractivity contribution in [3.8, 4) is 11.5 Å². The molecule has 1 N–H and O–H groups in total. The number of hydrogen-bond acceptors (Lipinski definition) is 6. The number of rotatable bonds is 3. The molecular formula is C21H25N3O4. The summed E-state index contributed by atoms with van der Waals surface area (Å²) in [4.78, 5) is 15.0. The van der Waals surface area contributed by atoms with Crippen LogP contribution in [0, 0.1) is 0 Å². The second kappa shape index (κ2) is 7.37. The van der Waals surface area contributed by atoms with Gasteiger partial charge in [-0.2, -0.15) is 0 Å². The van der Waals surface area contributed by atoms with E-state index in [2.05, 4.69) is 10.5 Å². The lowest BCUT2D eigenvalue weighted by Gasteiger charge is -2.33. The molecule has 1 aliphatic carbocycles. The van der Waals surface area contributed by atoms with Gasteiger partial charge < -0.3 is 24.2 Å². The normalized spacial score (nSPS) is 21.1. The van der Waals surface area contributed by atoms with Crippen LogP contribution >= 0.6 is 0 Å². The quantitative estimate of drug-likeness (QED) is 0.878. The average molecular weight is 383 g/mol. The molecule has 2 aliphatic heterocycles. The second-order valence-electron chi connectivity index (χ2n) is 7.73. The van der Waals surface area contributed by atoms with Crippen LogP contribution in [0.2, 0.25) is 0 Å². The van der Waals surface area contributed by atoms with E-state index in [1.807, 2.05) is 23.1 Å². The van der Waals surface area contributed by atoms with Crippen molar-refractivity contribution in [2.45, 2.75) is 44.6 Å². The summed E-state index contributed by atoms with van der Waals surface area (Å²) in [7, 11) is 0. The second-order valence-corrected chi connectivity index (χ2v) is 7.73. The number of nitrogens with one attached hydrogen (secondary N) is 1. The van der Waals surface area contributed by atoms with Gasteiger partial charge in [-0.1, -0.05) is 5.16 Å². The molecule has 0 saturated carbocycles. The van der Waals surface area contributed by atoms with E-state index in [-0.39, 0.29) is 11.9 Å². The molecule has 0 radical (unpaired) electrons. The maximum atomic E-state index is 13.1. The number of amides is 1. The van der Waals surface area contributed by atoms with Gasteiger partial charge in [-0.15, -0.1) is 0 Å². The van der Waals surface area contributed by atoms with Crippen LogP contribution in [0.3, 0.4) is 0 Å². The number of piperidine rings is 1. The molecule has 3 aliphatic rings. The monoisotopic (exact) mass is 383 g/mol. The maximum Gasteiger partial charge on any atom is 0.276 e. The van der Waals surface area contributed by atoms with Gasteiger partial charge in [0.25, 0.3) is 5.91 Å². The van der Waals surface area contributed by atoms with E-state index in [4.69, 9.17) is 14.0 Å². The Kier molecular flexibility index (Phi) is 4.58. The van der Waals surface area contributed by atoms with Crippen LogP contribution < -0.4 is 14.8 Å². The van der Waals surface area contributed by atoms with Gasteiger partial charge >= 0.3 is 0 Å². The van der Waals surface area contributed by atoms with Gasteiger partial charge in [0.15, 0.2) is 17.2 Å². The smallest absolute Gasteiger partial charge is 0.276 e. The zero-order chi connectivity index (χ0) is 18.9. The largest absolute Gasteiger partial charge is 0.486 e. The molecule has 5 rings (SSSR count). The van der Waals surface area contributed by atoms with E-state index in [1.165, 1.54) is 0 Å². The van der Waals surface area contributed by atoms with Crippen LogP contribution in [0.5, 0.6) is 11.5 Å². The number of hydrogen-bond donors (Lipinski definition) is 1. The molecule has 1 aromatic heterocycles. The first kappa shape index (κ1) is 17.4. The number of aromatic nitrogens is 1. The van der Waals surface area contributed by atoms with Crippen LogP contribution in [0.4, 0.5) is 5.69 Å². The summed E-state index contributed by atoms with van der Waals surface area (Å²) in [5.74, 6) is 2.46. The van der Waals surface area contributed by atoms with Gasteiger partial charge in [0.05, 0.1) is 0 Å². The average Bonchev–Trinajstić information content (AvgIpc) is 3.17. The van der Waals surface area contributed by atoms with Crippen molar-refractivity contribution in [2.75, 3.05) is 31.6 Å². The zero-order valence-corrected chi connectivity index (χ0v) is 15.9. The molecule has 2 aromatic rings. The van der Waals surface area contributed by atoms with Crippen molar-refractivity contribution in [1.82, 2.24) is 10.1 Å². The lowest BCUT2D eigenvalue weighted by molar-refractivity contribution is 0.0703. The fourth-order valence-corrected chi connectivity index (χ4v) is 4.35. The molecular weight excluding hydrogens is 358 g/mol. The van der Waals surface area contributed by atoms with Gasteiger partial charge in [0.1, 0.15) is 19.0 Å². The van der Waals surface area contributed by atoms with E-state index in [0.29, 0.717) is 25.5 Å². The standard InChI is InChI=1S/C21H25N3O4/c25-21(20-16-5-1-2-6-17(16)28-23-20)24-9-3-4-15(13-24)22-14-7-8-18-19(12-14)27-11-10-26-18/h7-8,12,15,22H,1-6,9-11,13H2/t15-/m0/s1. The van der Waals surface area contributed by atoms with Crippen molar-refractivity contribution in [1.29, 1.82) is 0 Å². The van der Waals surface area contributed by atoms with Crippen LogP contribution in [-0.2, 0) is 12.8 Å². The molecule has 7 heteroatoms. The van der Waals surface area contributed by atoms with Gasteiger partial charge in [-0.3, -0.25) is 4.79 Å². The van der Waals surface area contributed by atoms with E-state index in [1.54, 1.807) is 0 Å². The zero-order valence-electron chi connectivity index (χ0n) is 15.9. The molecule has 7 nitrogen and oxygen atoms in total. The minimum atomic E-state index is 0.000532. The van der Waals surface area contributed by atoms with Crippen LogP contribution in [-0.4, -0.2) is 48.3 Å². The minimum absolute atomic E-state index is 0.000532. The Morgan fingerprint density at radius 3 is 2.89 bits per heavy atom. The van der Waals surface area contributed by atoms with Crippen molar-refractivity contribution in [2.24, 2.45) is 0 Å². The molecule has 1 fully saturated rings. The molecule has 3 heterocycles. The van der Waals surface area contributed by atoms with Gasteiger partial charge in [-0.05, 0) is 44.2 Å². The van der Waals surface area contributed by atoms with E-state index in [0.717, 1.165) is 73.6 Å². The third kappa shape index (κ3) is 3.30. The number of nitrogens with zero attached hydrogens (tertiary/aromatic N) is 2. The first-order valence-electron chi connectivity index (χ1n) is 10.2. The topological polar surface area (TPSA) is 76.8 Å². The third-order valence-electron chi connectivity index (χ3n) is 5.77. The van der Waals surface area contributed by atoms with Crippen LogP contribution in [0.15, 0.2) is 22.7 Å². The summed E-state index contributed by atoms with van der Waals surface area (Å²) in [6.45, 7) is 2.59. The number of carbonyl (C=O) groups is 1. The first-order chi connectivity index (χ1) is 13.8. The fourth-order valence-electron chi connectivity index (χ4n) is 4.35. The molecule has 148 valence electrons. The summed E-state index contributed by atoms with van der Waals surface area (Å²) in [6.07, 6.45) is 5.99. The predicted octanol–water partition coefficient (Wildman–Crippen LogP) is 3.04. The number of aryl methyl sites for hydroxylation is 1. The van der Waals surface area contributed by atoms with E-state index in [9.17, 15) is 4.79 Å². The molecule has 1 amide bonds. The summed E-state index contributed by atoms with van der Waals surface area (Å²) in [5, 5.41) is 7.66. The molecule has 0 bridgehead atoms. The summed E-state index contributed by atoms with van der Waals surface area (Å²) in [5.41, 5.74) is 2.54. The maximum absolute atomic E-state index is 13.1. The van der Waals surface area contributed by atoms with E-state index >= 15 is 0 Å². The lowest BCUT2D eigenvalue weighted by atomic mass is 9.95. The van der Waals surface area contributed by atoms with Crippen molar-refractivity contribution < 1.29 is 18.8 Å². The molecule has 1 aromatic carbocycles. The van der Waals surface area contributed by atoms with Crippen molar-refractivity contribution >= 4 is 11.6 Å². The highest BCUT2D eigenvalue weighted by Crippen LogP contribution is 2.33. The Bertz CT molecular complexity index is 879. The highest BCUT2D eigenvalue weighted by Gasteiger charge is 2.30. The van der Waals surface area contributed by atoms with Crippen LogP contribution in [0.25, 0.3) is 0 Å². The molecule has 0 spiro atoms. The summed E-state index contributed by atoms with van der Waals surface area (Å²) < 4.78 is 16.7. The molecule has 1 atom stereocenters. The number of carbonyl (C=O) groups excluding carboxylic acids is 1. The SMILES string of the molecule is O=C(c1noc2c1CCCC2)N1CCC[C@H](Nc2ccc3c(c2)OCCO3)C1. The number of ether oxygens (including phenoxy) is 2. The highest BCUT2D eigenvalue weighted by atomic mass is 16.6. The van der Waals surface area contributed by atoms with Gasteiger partial charge in [0.2, 0.25) is 0 Å². The Morgan fingerprint density at radius 2 is 1.96 bits per heavy atom. The number of fused-ring (bicyclic) bond motifs is 2. The summed E-state index contributed by atoms with van der Waals surface area (Å²) >= 11 is 0. The highest BCUT2D eigenvalue weighted by molar-refractivity contribution is 5.94. The van der Waals surface area contributed by atoms with Crippen LogP contribution in [0.1, 0.15) is 47.5 Å². The van der Waals surface area contributed by atoms with Gasteiger partial charge in [0, 0.05) is 42.9 Å². The Hall–Kier alpha value is -2.70. The summed E-state index contributed by atoms with van der Waals surface area (Å²) in [6, 6.07) is 6.11. The predicted molar refractivity (Wildman–Crippen MR) is 103 cm³/mol.